The summed E-state index contributed by atoms with van der Waals surface area (Å²) in [4.78, 5) is 17.1. The molecule has 1 amide bonds. The standard InChI is InChI=1S/C26H27F3N4O2/c27-26(28,29)22-9-5-4-8-20(22)17-31-11-10-23-21(18-31)24(25(34)32-12-14-35-15-13-32)30-33(23)16-19-6-2-1-3-7-19/h1-9H,10-18H2. The number of hydrogen-bond donors (Lipinski definition) is 0. The van der Waals surface area contributed by atoms with Gasteiger partial charge < -0.3 is 9.64 Å². The van der Waals surface area contributed by atoms with Crippen LogP contribution in [0, 0.1) is 0 Å². The van der Waals surface area contributed by atoms with Crippen molar-refractivity contribution in [1.29, 1.82) is 0 Å². The molecule has 3 heterocycles. The summed E-state index contributed by atoms with van der Waals surface area (Å²) >= 11 is 0. The second-order valence-electron chi connectivity index (χ2n) is 8.94. The summed E-state index contributed by atoms with van der Waals surface area (Å²) in [7, 11) is 0. The lowest BCUT2D eigenvalue weighted by Crippen LogP contribution is -2.41. The highest BCUT2D eigenvalue weighted by Gasteiger charge is 2.35. The molecule has 2 aliphatic rings. The number of carbonyl (C=O) groups is 1. The highest BCUT2D eigenvalue weighted by Crippen LogP contribution is 2.33. The molecule has 0 spiro atoms. The average molecular weight is 485 g/mol. The summed E-state index contributed by atoms with van der Waals surface area (Å²) in [6.07, 6.45) is -3.80. The van der Waals surface area contributed by atoms with E-state index in [1.807, 2.05) is 39.9 Å². The Kier molecular flexibility index (Phi) is 6.62. The van der Waals surface area contributed by atoms with Gasteiger partial charge in [0, 0.05) is 50.4 Å². The molecule has 2 aliphatic heterocycles. The molecule has 3 aromatic rings. The third-order valence-electron chi connectivity index (χ3n) is 6.61. The zero-order valence-electron chi connectivity index (χ0n) is 19.3. The fourth-order valence-corrected chi connectivity index (χ4v) is 4.83. The Balaban J connectivity index is 1.45. The molecule has 0 N–H and O–H groups in total. The van der Waals surface area contributed by atoms with Crippen LogP contribution in [0.1, 0.15) is 38.4 Å². The van der Waals surface area contributed by atoms with Crippen molar-refractivity contribution in [3.63, 3.8) is 0 Å². The van der Waals surface area contributed by atoms with Crippen molar-refractivity contribution < 1.29 is 22.7 Å². The van der Waals surface area contributed by atoms with Gasteiger partial charge in [0.2, 0.25) is 0 Å². The molecule has 9 heteroatoms. The van der Waals surface area contributed by atoms with E-state index >= 15 is 0 Å². The molecule has 0 radical (unpaired) electrons. The molecule has 0 saturated carbocycles. The van der Waals surface area contributed by atoms with E-state index in [-0.39, 0.29) is 18.0 Å². The molecule has 2 aromatic carbocycles. The molecular formula is C26H27F3N4O2. The topological polar surface area (TPSA) is 50.6 Å². The van der Waals surface area contributed by atoms with Crippen molar-refractivity contribution in [3.8, 4) is 0 Å². The van der Waals surface area contributed by atoms with Gasteiger partial charge in [0.25, 0.3) is 5.91 Å². The van der Waals surface area contributed by atoms with E-state index in [0.717, 1.165) is 22.9 Å². The normalized spacial score (nSPS) is 16.8. The van der Waals surface area contributed by atoms with Gasteiger partial charge in [-0.05, 0) is 17.2 Å². The minimum absolute atomic E-state index is 0.145. The van der Waals surface area contributed by atoms with Crippen molar-refractivity contribution in [2.45, 2.75) is 32.2 Å². The predicted molar refractivity (Wildman–Crippen MR) is 124 cm³/mol. The lowest BCUT2D eigenvalue weighted by Gasteiger charge is -2.30. The number of halogens is 3. The Morgan fingerprint density at radius 3 is 2.40 bits per heavy atom. The number of benzene rings is 2. The molecule has 35 heavy (non-hydrogen) atoms. The van der Waals surface area contributed by atoms with Crippen molar-refractivity contribution >= 4 is 5.91 Å². The van der Waals surface area contributed by atoms with Gasteiger partial charge in [-0.3, -0.25) is 14.4 Å². The van der Waals surface area contributed by atoms with Crippen LogP contribution in [0.2, 0.25) is 0 Å². The summed E-state index contributed by atoms with van der Waals surface area (Å²) in [6, 6.07) is 15.6. The lowest BCUT2D eigenvalue weighted by atomic mass is 10.0. The Morgan fingerprint density at radius 2 is 1.66 bits per heavy atom. The smallest absolute Gasteiger partial charge is 0.378 e. The van der Waals surface area contributed by atoms with E-state index in [4.69, 9.17) is 9.84 Å². The molecule has 1 fully saturated rings. The summed E-state index contributed by atoms with van der Waals surface area (Å²) in [5, 5.41) is 4.74. The molecule has 5 rings (SSSR count). The van der Waals surface area contributed by atoms with E-state index in [2.05, 4.69) is 0 Å². The first-order valence-electron chi connectivity index (χ1n) is 11.8. The first-order valence-corrected chi connectivity index (χ1v) is 11.8. The molecule has 0 unspecified atom stereocenters. The number of rotatable bonds is 5. The molecule has 0 atom stereocenters. The third kappa shape index (κ3) is 5.11. The van der Waals surface area contributed by atoms with Gasteiger partial charge >= 0.3 is 6.18 Å². The number of alkyl halides is 3. The molecule has 0 aliphatic carbocycles. The molecule has 1 saturated heterocycles. The number of fused-ring (bicyclic) bond motifs is 1. The maximum Gasteiger partial charge on any atom is 0.416 e. The monoisotopic (exact) mass is 484 g/mol. The SMILES string of the molecule is O=C(c1nn(Cc2ccccc2)c2c1CN(Cc1ccccc1C(F)(F)F)CC2)N1CCOCC1. The Morgan fingerprint density at radius 1 is 0.943 bits per heavy atom. The second-order valence-corrected chi connectivity index (χ2v) is 8.94. The fraction of sp³-hybridized carbons (Fsp3) is 0.385. The number of morpholine rings is 1. The molecular weight excluding hydrogens is 457 g/mol. The van der Waals surface area contributed by atoms with Gasteiger partial charge in [0.05, 0.1) is 25.3 Å². The Bertz CT molecular complexity index is 1190. The van der Waals surface area contributed by atoms with Crippen molar-refractivity contribution in [1.82, 2.24) is 19.6 Å². The summed E-state index contributed by atoms with van der Waals surface area (Å²) in [5.74, 6) is -0.145. The molecule has 1 aromatic heterocycles. The third-order valence-corrected chi connectivity index (χ3v) is 6.61. The van der Waals surface area contributed by atoms with E-state index in [1.54, 1.807) is 11.0 Å². The molecule has 6 nitrogen and oxygen atoms in total. The summed E-state index contributed by atoms with van der Waals surface area (Å²) < 4.78 is 47.9. The number of aromatic nitrogens is 2. The Labute approximate surface area is 201 Å². The van der Waals surface area contributed by atoms with E-state index in [0.29, 0.717) is 58.1 Å². The van der Waals surface area contributed by atoms with Gasteiger partial charge in [0.15, 0.2) is 5.69 Å². The maximum atomic E-state index is 13.5. The zero-order valence-corrected chi connectivity index (χ0v) is 19.3. The van der Waals surface area contributed by atoms with Crippen LogP contribution in [0.3, 0.4) is 0 Å². The molecule has 184 valence electrons. The van der Waals surface area contributed by atoms with Crippen LogP contribution in [0.4, 0.5) is 13.2 Å². The number of ether oxygens (including phenoxy) is 1. The zero-order chi connectivity index (χ0) is 24.4. The number of nitrogens with zero attached hydrogens (tertiary/aromatic N) is 4. The van der Waals surface area contributed by atoms with Crippen LogP contribution in [0.25, 0.3) is 0 Å². The average Bonchev–Trinajstić information content (AvgIpc) is 3.22. The summed E-state index contributed by atoms with van der Waals surface area (Å²) in [6.45, 7) is 3.63. The largest absolute Gasteiger partial charge is 0.416 e. The van der Waals surface area contributed by atoms with Crippen molar-refractivity contribution in [2.75, 3.05) is 32.8 Å². The van der Waals surface area contributed by atoms with Gasteiger partial charge in [0.1, 0.15) is 0 Å². The van der Waals surface area contributed by atoms with Gasteiger partial charge in [-0.25, -0.2) is 0 Å². The van der Waals surface area contributed by atoms with Crippen LogP contribution in [0.15, 0.2) is 54.6 Å². The second kappa shape index (κ2) is 9.83. The number of hydrogen-bond acceptors (Lipinski definition) is 4. The fourth-order valence-electron chi connectivity index (χ4n) is 4.83. The first kappa shape index (κ1) is 23.6. The van der Waals surface area contributed by atoms with Crippen LogP contribution < -0.4 is 0 Å². The van der Waals surface area contributed by atoms with Crippen LogP contribution >= 0.6 is 0 Å². The van der Waals surface area contributed by atoms with Gasteiger partial charge in [-0.1, -0.05) is 48.5 Å². The van der Waals surface area contributed by atoms with Gasteiger partial charge in [-0.2, -0.15) is 18.3 Å². The predicted octanol–water partition coefficient (Wildman–Crippen LogP) is 3.98. The van der Waals surface area contributed by atoms with Crippen LogP contribution in [-0.2, 0) is 37.0 Å². The molecule has 0 bridgehead atoms. The highest BCUT2D eigenvalue weighted by molar-refractivity contribution is 5.94. The van der Waals surface area contributed by atoms with Crippen LogP contribution in [-0.4, -0.2) is 58.3 Å². The van der Waals surface area contributed by atoms with E-state index < -0.39 is 11.7 Å². The van der Waals surface area contributed by atoms with E-state index in [1.165, 1.54) is 12.1 Å². The quantitative estimate of drug-likeness (QED) is 0.550. The highest BCUT2D eigenvalue weighted by atomic mass is 19.4. The first-order chi connectivity index (χ1) is 16.9. The van der Waals surface area contributed by atoms with Crippen molar-refractivity contribution in [3.05, 3.63) is 88.2 Å². The van der Waals surface area contributed by atoms with Gasteiger partial charge in [-0.15, -0.1) is 0 Å². The lowest BCUT2D eigenvalue weighted by molar-refractivity contribution is -0.138. The number of amides is 1. The number of carbonyl (C=O) groups excluding carboxylic acids is 1. The van der Waals surface area contributed by atoms with Crippen molar-refractivity contribution in [2.24, 2.45) is 0 Å². The minimum atomic E-state index is -4.41. The van der Waals surface area contributed by atoms with Crippen LogP contribution in [0.5, 0.6) is 0 Å². The summed E-state index contributed by atoms with van der Waals surface area (Å²) in [5.41, 5.74) is 2.88. The maximum absolute atomic E-state index is 13.5. The minimum Gasteiger partial charge on any atom is -0.378 e. The Hall–Kier alpha value is -3.17. The van der Waals surface area contributed by atoms with E-state index in [9.17, 15) is 18.0 Å².